The van der Waals surface area contributed by atoms with Crippen LogP contribution < -0.4 is 5.32 Å². The van der Waals surface area contributed by atoms with Crippen LogP contribution in [-0.4, -0.2) is 21.4 Å². The number of amides is 1. The Morgan fingerprint density at radius 3 is 2.44 bits per heavy atom. The highest BCUT2D eigenvalue weighted by Crippen LogP contribution is 2.31. The number of carbonyl (C=O) groups excluding carboxylic acids is 1. The standard InChI is InChI=1S/C8H6BrCl2NO3S/c1-12-8(13)5-2-4(9)3-6(7(5)10)16(11,14)15/h2-3H,1H3,(H,12,13). The van der Waals surface area contributed by atoms with Gasteiger partial charge >= 0.3 is 0 Å². The van der Waals surface area contributed by atoms with Gasteiger partial charge in [-0.05, 0) is 12.1 Å². The number of benzene rings is 1. The lowest BCUT2D eigenvalue weighted by molar-refractivity contribution is 0.0963. The second kappa shape index (κ2) is 4.91. The Morgan fingerprint density at radius 2 is 2.00 bits per heavy atom. The SMILES string of the molecule is CNC(=O)c1cc(Br)cc(S(=O)(=O)Cl)c1Cl. The zero-order valence-corrected chi connectivity index (χ0v) is 11.8. The van der Waals surface area contributed by atoms with Crippen molar-refractivity contribution in [3.05, 3.63) is 27.2 Å². The van der Waals surface area contributed by atoms with Crippen LogP contribution in [0.4, 0.5) is 0 Å². The second-order valence-corrected chi connectivity index (χ2v) is 6.61. The van der Waals surface area contributed by atoms with Gasteiger partial charge in [-0.2, -0.15) is 0 Å². The van der Waals surface area contributed by atoms with E-state index < -0.39 is 15.0 Å². The highest BCUT2D eigenvalue weighted by atomic mass is 79.9. The molecule has 8 heteroatoms. The minimum atomic E-state index is -3.99. The van der Waals surface area contributed by atoms with Crippen LogP contribution in [0, 0.1) is 0 Å². The molecule has 0 saturated carbocycles. The molecule has 0 heterocycles. The molecule has 1 aromatic carbocycles. The predicted octanol–water partition coefficient (Wildman–Crippen LogP) is 2.39. The molecule has 1 N–H and O–H groups in total. The zero-order chi connectivity index (χ0) is 12.5. The first-order valence-corrected chi connectivity index (χ1v) is 7.41. The fraction of sp³-hybridized carbons (Fsp3) is 0.125. The van der Waals surface area contributed by atoms with E-state index in [-0.39, 0.29) is 15.5 Å². The first-order valence-electron chi connectivity index (χ1n) is 3.93. The summed E-state index contributed by atoms with van der Waals surface area (Å²) in [4.78, 5) is 11.1. The summed E-state index contributed by atoms with van der Waals surface area (Å²) in [7, 11) is 2.61. The van der Waals surface area contributed by atoms with Crippen LogP contribution in [-0.2, 0) is 9.05 Å². The number of carbonyl (C=O) groups is 1. The minimum Gasteiger partial charge on any atom is -0.355 e. The van der Waals surface area contributed by atoms with Gasteiger partial charge < -0.3 is 5.32 Å². The van der Waals surface area contributed by atoms with E-state index >= 15 is 0 Å². The average molecular weight is 347 g/mol. The smallest absolute Gasteiger partial charge is 0.262 e. The highest BCUT2D eigenvalue weighted by Gasteiger charge is 2.21. The van der Waals surface area contributed by atoms with Crippen LogP contribution in [0.3, 0.4) is 0 Å². The summed E-state index contributed by atoms with van der Waals surface area (Å²) in [6, 6.07) is 2.64. The Morgan fingerprint density at radius 1 is 1.44 bits per heavy atom. The van der Waals surface area contributed by atoms with E-state index in [9.17, 15) is 13.2 Å². The first kappa shape index (κ1) is 13.8. The molecule has 0 fully saturated rings. The minimum absolute atomic E-state index is 0.0396. The largest absolute Gasteiger partial charge is 0.355 e. The van der Waals surface area contributed by atoms with E-state index in [0.717, 1.165) is 0 Å². The molecule has 1 aromatic rings. The Labute approximate surface area is 110 Å². The van der Waals surface area contributed by atoms with Crippen molar-refractivity contribution >= 4 is 53.2 Å². The molecule has 0 aliphatic rings. The van der Waals surface area contributed by atoms with Crippen LogP contribution in [0.25, 0.3) is 0 Å². The van der Waals surface area contributed by atoms with Crippen molar-refractivity contribution in [2.75, 3.05) is 7.05 Å². The number of rotatable bonds is 2. The van der Waals surface area contributed by atoms with Gasteiger partial charge in [-0.25, -0.2) is 8.42 Å². The van der Waals surface area contributed by atoms with E-state index in [4.69, 9.17) is 22.3 Å². The van der Waals surface area contributed by atoms with Crippen molar-refractivity contribution in [2.24, 2.45) is 0 Å². The molecule has 0 atom stereocenters. The van der Waals surface area contributed by atoms with Crippen molar-refractivity contribution < 1.29 is 13.2 Å². The first-order chi connectivity index (χ1) is 7.27. The molecule has 0 radical (unpaired) electrons. The van der Waals surface area contributed by atoms with Gasteiger partial charge in [0.25, 0.3) is 15.0 Å². The molecular weight excluding hydrogens is 341 g/mol. The van der Waals surface area contributed by atoms with Crippen LogP contribution in [0.5, 0.6) is 0 Å². The van der Waals surface area contributed by atoms with Crippen molar-refractivity contribution in [1.82, 2.24) is 5.32 Å². The summed E-state index contributed by atoms with van der Waals surface area (Å²) in [6.07, 6.45) is 0. The van der Waals surface area contributed by atoms with Gasteiger partial charge in [0.05, 0.1) is 10.6 Å². The number of hydrogen-bond donors (Lipinski definition) is 1. The highest BCUT2D eigenvalue weighted by molar-refractivity contribution is 9.10. The monoisotopic (exact) mass is 345 g/mol. The molecule has 0 unspecified atom stereocenters. The fourth-order valence-corrected chi connectivity index (χ4v) is 3.23. The van der Waals surface area contributed by atoms with Crippen LogP contribution in [0.15, 0.2) is 21.5 Å². The Kier molecular flexibility index (Phi) is 4.23. The molecule has 1 amide bonds. The van der Waals surface area contributed by atoms with Crippen LogP contribution in [0.1, 0.15) is 10.4 Å². The molecular formula is C8H6BrCl2NO3S. The fourth-order valence-electron chi connectivity index (χ4n) is 1.04. The summed E-state index contributed by atoms with van der Waals surface area (Å²) < 4.78 is 22.8. The normalized spacial score (nSPS) is 11.2. The Balaban J connectivity index is 3.56. The van der Waals surface area contributed by atoms with Gasteiger partial charge in [-0.1, -0.05) is 27.5 Å². The molecule has 4 nitrogen and oxygen atoms in total. The molecule has 0 aromatic heterocycles. The van der Waals surface area contributed by atoms with Crippen molar-refractivity contribution in [1.29, 1.82) is 0 Å². The van der Waals surface area contributed by atoms with Gasteiger partial charge in [0.1, 0.15) is 4.90 Å². The molecule has 0 aliphatic carbocycles. The van der Waals surface area contributed by atoms with Crippen molar-refractivity contribution in [3.63, 3.8) is 0 Å². The number of nitrogens with one attached hydrogen (secondary N) is 1. The summed E-state index contributed by atoms with van der Waals surface area (Å²) >= 11 is 8.87. The maximum atomic E-state index is 11.4. The third-order valence-corrected chi connectivity index (χ3v) is 4.06. The molecule has 0 aliphatic heterocycles. The number of halogens is 3. The lowest BCUT2D eigenvalue weighted by Crippen LogP contribution is -2.18. The topological polar surface area (TPSA) is 63.2 Å². The maximum absolute atomic E-state index is 11.4. The Bertz CT molecular complexity index is 544. The van der Waals surface area contributed by atoms with E-state index in [1.165, 1.54) is 19.2 Å². The molecule has 88 valence electrons. The summed E-state index contributed by atoms with van der Waals surface area (Å²) in [6.45, 7) is 0. The molecule has 1 rings (SSSR count). The molecule has 0 saturated heterocycles. The third-order valence-electron chi connectivity index (χ3n) is 1.74. The summed E-state index contributed by atoms with van der Waals surface area (Å²) in [5, 5.41) is 2.15. The molecule has 0 spiro atoms. The molecule has 16 heavy (non-hydrogen) atoms. The lowest BCUT2D eigenvalue weighted by Gasteiger charge is -2.07. The second-order valence-electron chi connectivity index (χ2n) is 2.78. The van der Waals surface area contributed by atoms with Gasteiger partial charge in [0.15, 0.2) is 0 Å². The molecule has 0 bridgehead atoms. The van der Waals surface area contributed by atoms with Gasteiger partial charge in [0.2, 0.25) is 0 Å². The van der Waals surface area contributed by atoms with E-state index in [1.54, 1.807) is 0 Å². The van der Waals surface area contributed by atoms with Crippen molar-refractivity contribution in [3.8, 4) is 0 Å². The van der Waals surface area contributed by atoms with Crippen LogP contribution >= 0.6 is 38.2 Å². The predicted molar refractivity (Wildman–Crippen MR) is 65.6 cm³/mol. The van der Waals surface area contributed by atoms with Crippen molar-refractivity contribution in [2.45, 2.75) is 4.90 Å². The summed E-state index contributed by atoms with van der Waals surface area (Å²) in [5.74, 6) is -0.493. The lowest BCUT2D eigenvalue weighted by atomic mass is 10.2. The maximum Gasteiger partial charge on any atom is 0.262 e. The van der Waals surface area contributed by atoms with Gasteiger partial charge in [0, 0.05) is 22.2 Å². The quantitative estimate of drug-likeness (QED) is 0.836. The Hall–Kier alpha value is -0.300. The van der Waals surface area contributed by atoms with E-state index in [1.807, 2.05) is 0 Å². The van der Waals surface area contributed by atoms with Gasteiger partial charge in [-0.15, -0.1) is 0 Å². The van der Waals surface area contributed by atoms with E-state index in [2.05, 4.69) is 21.2 Å². The van der Waals surface area contributed by atoms with Crippen LogP contribution in [0.2, 0.25) is 5.02 Å². The third kappa shape index (κ3) is 2.88. The number of hydrogen-bond acceptors (Lipinski definition) is 3. The van der Waals surface area contributed by atoms with Gasteiger partial charge in [-0.3, -0.25) is 4.79 Å². The van der Waals surface area contributed by atoms with E-state index in [0.29, 0.717) is 4.47 Å². The average Bonchev–Trinajstić information content (AvgIpc) is 2.18. The zero-order valence-electron chi connectivity index (χ0n) is 7.92. The summed E-state index contributed by atoms with van der Waals surface area (Å²) in [5.41, 5.74) is 0.0396.